The van der Waals surface area contributed by atoms with Gasteiger partial charge in [-0.25, -0.2) is 4.68 Å². The third kappa shape index (κ3) is 5.29. The van der Waals surface area contributed by atoms with E-state index in [1.54, 1.807) is 0 Å². The lowest BCUT2D eigenvalue weighted by atomic mass is 10.1. The summed E-state index contributed by atoms with van der Waals surface area (Å²) in [6, 6.07) is 11.8. The van der Waals surface area contributed by atoms with Gasteiger partial charge >= 0.3 is 0 Å². The van der Waals surface area contributed by atoms with E-state index in [1.807, 2.05) is 58.0 Å². The number of aromatic nitrogens is 3. The number of thioether (sulfide) groups is 1. The van der Waals surface area contributed by atoms with E-state index in [2.05, 4.69) is 21.6 Å². The Morgan fingerprint density at radius 3 is 2.59 bits per heavy atom. The van der Waals surface area contributed by atoms with Crippen LogP contribution in [0.4, 0.5) is 5.69 Å². The summed E-state index contributed by atoms with van der Waals surface area (Å²) in [6.07, 6.45) is 0. The highest BCUT2D eigenvalue weighted by molar-refractivity contribution is 7.99. The first-order valence-electron chi connectivity index (χ1n) is 9.23. The third-order valence-electron chi connectivity index (χ3n) is 4.51. The lowest BCUT2D eigenvalue weighted by Gasteiger charge is -2.10. The number of benzene rings is 2. The minimum atomic E-state index is -0.125. The van der Waals surface area contributed by atoms with Crippen LogP contribution in [0.1, 0.15) is 28.1 Å². The maximum absolute atomic E-state index is 12.3. The third-order valence-corrected chi connectivity index (χ3v) is 5.45. The molecule has 0 unspecified atom stereocenters. The Morgan fingerprint density at radius 1 is 1.14 bits per heavy atom. The van der Waals surface area contributed by atoms with Crippen molar-refractivity contribution in [3.63, 3.8) is 0 Å². The molecule has 0 saturated heterocycles. The Morgan fingerprint density at radius 2 is 1.86 bits per heavy atom. The number of carbonyl (C=O) groups is 1. The molecule has 0 aliphatic carbocycles. The van der Waals surface area contributed by atoms with Gasteiger partial charge in [-0.15, -0.1) is 10.2 Å². The van der Waals surface area contributed by atoms with E-state index in [0.29, 0.717) is 11.0 Å². The fraction of sp³-hybridized carbons (Fsp3) is 0.286. The van der Waals surface area contributed by atoms with Gasteiger partial charge < -0.3 is 15.9 Å². The second kappa shape index (κ2) is 9.00. The van der Waals surface area contributed by atoms with Crippen LogP contribution >= 0.6 is 11.8 Å². The van der Waals surface area contributed by atoms with E-state index >= 15 is 0 Å². The van der Waals surface area contributed by atoms with Crippen LogP contribution in [0.2, 0.25) is 0 Å². The van der Waals surface area contributed by atoms with Crippen molar-refractivity contribution in [1.82, 2.24) is 14.9 Å². The Balaban J connectivity index is 1.56. The predicted molar refractivity (Wildman–Crippen MR) is 116 cm³/mol. The summed E-state index contributed by atoms with van der Waals surface area (Å²) in [5.74, 6) is 7.37. The van der Waals surface area contributed by atoms with Crippen molar-refractivity contribution in [2.45, 2.75) is 39.5 Å². The topological polar surface area (TPSA) is 95.1 Å². The Hall–Kier alpha value is -3.00. The molecule has 3 rings (SSSR count). The summed E-state index contributed by atoms with van der Waals surface area (Å²) < 4.78 is 7.14. The number of aryl methyl sites for hydroxylation is 3. The SMILES string of the molecule is Cc1cc(C)cc(OCc2nnc(SCC(=O)Nc3cccc(C)c3C)n2N)c1. The van der Waals surface area contributed by atoms with Gasteiger partial charge in [0.15, 0.2) is 5.82 Å². The van der Waals surface area contributed by atoms with Crippen LogP contribution < -0.4 is 15.9 Å². The summed E-state index contributed by atoms with van der Waals surface area (Å²) >= 11 is 1.23. The standard InChI is InChI=1S/C21H25N5O2S/c1-13-8-14(2)10-17(9-13)28-11-19-24-25-21(26(19)22)29-12-20(27)23-18-7-5-6-15(3)16(18)4/h5-10H,11-12,22H2,1-4H3,(H,23,27). The summed E-state index contributed by atoms with van der Waals surface area (Å²) in [6.45, 7) is 8.23. The molecule has 0 bridgehead atoms. The molecule has 1 amide bonds. The normalized spacial score (nSPS) is 10.8. The van der Waals surface area contributed by atoms with Gasteiger partial charge in [0.2, 0.25) is 11.1 Å². The van der Waals surface area contributed by atoms with Gasteiger partial charge in [0.1, 0.15) is 12.4 Å². The lowest BCUT2D eigenvalue weighted by Crippen LogP contribution is -2.18. The van der Waals surface area contributed by atoms with Crippen molar-refractivity contribution < 1.29 is 9.53 Å². The molecule has 1 aromatic heterocycles. The molecular formula is C21H25N5O2S. The molecule has 3 N–H and O–H groups in total. The first-order chi connectivity index (χ1) is 13.8. The number of nitrogen functional groups attached to an aromatic ring is 1. The summed E-state index contributed by atoms with van der Waals surface area (Å²) in [7, 11) is 0. The largest absolute Gasteiger partial charge is 0.486 e. The number of nitrogens with two attached hydrogens (primary N) is 1. The number of hydrogen-bond acceptors (Lipinski definition) is 6. The molecule has 0 aliphatic heterocycles. The first kappa shape index (κ1) is 20.7. The van der Waals surface area contributed by atoms with Gasteiger partial charge in [-0.2, -0.15) is 0 Å². The maximum Gasteiger partial charge on any atom is 0.234 e. The smallest absolute Gasteiger partial charge is 0.234 e. The number of hydrogen-bond donors (Lipinski definition) is 2. The fourth-order valence-corrected chi connectivity index (χ4v) is 3.55. The molecule has 29 heavy (non-hydrogen) atoms. The molecule has 8 heteroatoms. The number of rotatable bonds is 7. The van der Waals surface area contributed by atoms with Gasteiger partial charge in [-0.1, -0.05) is 30.0 Å². The highest BCUT2D eigenvalue weighted by Gasteiger charge is 2.14. The molecule has 0 atom stereocenters. The van der Waals surface area contributed by atoms with Gasteiger partial charge in [-0.05, 0) is 68.1 Å². The van der Waals surface area contributed by atoms with E-state index in [4.69, 9.17) is 10.6 Å². The highest BCUT2D eigenvalue weighted by Crippen LogP contribution is 2.21. The number of nitrogens with one attached hydrogen (secondary N) is 1. The molecule has 1 heterocycles. The van der Waals surface area contributed by atoms with Crippen molar-refractivity contribution in [2.75, 3.05) is 16.9 Å². The van der Waals surface area contributed by atoms with E-state index in [0.717, 1.165) is 33.7 Å². The van der Waals surface area contributed by atoms with Crippen LogP contribution in [0.15, 0.2) is 41.6 Å². The molecule has 0 radical (unpaired) electrons. The maximum atomic E-state index is 12.3. The lowest BCUT2D eigenvalue weighted by molar-refractivity contribution is -0.113. The van der Waals surface area contributed by atoms with Gasteiger partial charge in [0.05, 0.1) is 5.75 Å². The first-order valence-corrected chi connectivity index (χ1v) is 10.2. The van der Waals surface area contributed by atoms with E-state index < -0.39 is 0 Å². The second-order valence-electron chi connectivity index (χ2n) is 6.97. The van der Waals surface area contributed by atoms with Crippen LogP contribution in [0.5, 0.6) is 5.75 Å². The monoisotopic (exact) mass is 411 g/mol. The summed E-state index contributed by atoms with van der Waals surface area (Å²) in [5.41, 5.74) is 5.25. The number of carbonyl (C=O) groups excluding carboxylic acids is 1. The molecule has 7 nitrogen and oxygen atoms in total. The van der Waals surface area contributed by atoms with Crippen molar-refractivity contribution in [3.8, 4) is 5.75 Å². The molecule has 2 aromatic carbocycles. The highest BCUT2D eigenvalue weighted by atomic mass is 32.2. The predicted octanol–water partition coefficient (Wildman–Crippen LogP) is 3.54. The second-order valence-corrected chi connectivity index (χ2v) is 7.91. The van der Waals surface area contributed by atoms with Crippen LogP contribution in [0.3, 0.4) is 0 Å². The molecule has 152 valence electrons. The average molecular weight is 412 g/mol. The van der Waals surface area contributed by atoms with Gasteiger partial charge in [0.25, 0.3) is 0 Å². The zero-order valence-corrected chi connectivity index (χ0v) is 17.8. The zero-order chi connectivity index (χ0) is 21.0. The van der Waals surface area contributed by atoms with Crippen molar-refractivity contribution in [3.05, 3.63) is 64.5 Å². The molecule has 0 fully saturated rings. The molecule has 0 saturated carbocycles. The number of amides is 1. The van der Waals surface area contributed by atoms with E-state index in [9.17, 15) is 4.79 Å². The van der Waals surface area contributed by atoms with Crippen LogP contribution in [-0.2, 0) is 11.4 Å². The molecule has 0 aliphatic rings. The van der Waals surface area contributed by atoms with Crippen LogP contribution in [-0.4, -0.2) is 26.5 Å². The van der Waals surface area contributed by atoms with Gasteiger partial charge in [0, 0.05) is 5.69 Å². The number of anilines is 1. The van der Waals surface area contributed by atoms with Crippen LogP contribution in [0.25, 0.3) is 0 Å². The van der Waals surface area contributed by atoms with Crippen LogP contribution in [0, 0.1) is 27.7 Å². The zero-order valence-electron chi connectivity index (χ0n) is 17.0. The quantitative estimate of drug-likeness (QED) is 0.456. The Bertz CT molecular complexity index is 1010. The Kier molecular flexibility index (Phi) is 6.43. The molecular weight excluding hydrogens is 386 g/mol. The van der Waals surface area contributed by atoms with Crippen molar-refractivity contribution in [1.29, 1.82) is 0 Å². The van der Waals surface area contributed by atoms with E-state index in [-0.39, 0.29) is 18.3 Å². The Labute approximate surface area is 174 Å². The molecule has 0 spiro atoms. The number of nitrogens with zero attached hydrogens (tertiary/aromatic N) is 3. The molecule has 3 aromatic rings. The van der Waals surface area contributed by atoms with Crippen molar-refractivity contribution >= 4 is 23.4 Å². The minimum absolute atomic E-state index is 0.125. The van der Waals surface area contributed by atoms with Gasteiger partial charge in [-0.3, -0.25) is 4.79 Å². The number of ether oxygens (including phenoxy) is 1. The average Bonchev–Trinajstić information content (AvgIpc) is 3.01. The summed E-state index contributed by atoms with van der Waals surface area (Å²) in [5, 5.41) is 11.5. The summed E-state index contributed by atoms with van der Waals surface area (Å²) in [4.78, 5) is 12.3. The minimum Gasteiger partial charge on any atom is -0.486 e. The van der Waals surface area contributed by atoms with E-state index in [1.165, 1.54) is 16.4 Å². The fourth-order valence-electron chi connectivity index (χ4n) is 2.87. The van der Waals surface area contributed by atoms with Crippen molar-refractivity contribution in [2.24, 2.45) is 0 Å².